The van der Waals surface area contributed by atoms with Crippen LogP contribution in [0.15, 0.2) is 0 Å². The van der Waals surface area contributed by atoms with Gasteiger partial charge in [0.05, 0.1) is 12.6 Å². The summed E-state index contributed by atoms with van der Waals surface area (Å²) in [5.74, 6) is 0.420. The average molecular weight is 173 g/mol. The van der Waals surface area contributed by atoms with Crippen molar-refractivity contribution in [1.29, 1.82) is 0 Å². The van der Waals surface area contributed by atoms with E-state index in [0.717, 1.165) is 12.8 Å². The van der Waals surface area contributed by atoms with Gasteiger partial charge in [0.25, 0.3) is 0 Å². The van der Waals surface area contributed by atoms with E-state index in [0.29, 0.717) is 12.5 Å². The molecule has 1 amide bonds. The zero-order chi connectivity index (χ0) is 9.14. The van der Waals surface area contributed by atoms with E-state index in [-0.39, 0.29) is 12.6 Å². The summed E-state index contributed by atoms with van der Waals surface area (Å²) >= 11 is 0. The van der Waals surface area contributed by atoms with Crippen LogP contribution in [0, 0.1) is 5.92 Å². The van der Waals surface area contributed by atoms with E-state index < -0.39 is 6.09 Å². The van der Waals surface area contributed by atoms with E-state index in [4.69, 9.17) is 10.2 Å². The SMILES string of the molecule is C[C@H]1CC[C@@H](CO)N(C(=O)O)C1. The molecule has 1 heterocycles. The maximum absolute atomic E-state index is 10.7. The molecule has 1 saturated heterocycles. The highest BCUT2D eigenvalue weighted by Crippen LogP contribution is 2.21. The molecule has 0 aromatic heterocycles. The van der Waals surface area contributed by atoms with Crippen LogP contribution in [-0.4, -0.2) is 40.4 Å². The fraction of sp³-hybridized carbons (Fsp3) is 0.875. The number of hydrogen-bond acceptors (Lipinski definition) is 2. The minimum Gasteiger partial charge on any atom is -0.465 e. The van der Waals surface area contributed by atoms with Gasteiger partial charge in [-0.05, 0) is 18.8 Å². The third-order valence-corrected chi connectivity index (χ3v) is 2.40. The number of hydrogen-bond donors (Lipinski definition) is 2. The number of carbonyl (C=O) groups is 1. The summed E-state index contributed by atoms with van der Waals surface area (Å²) in [6.45, 7) is 2.53. The molecule has 0 unspecified atom stereocenters. The quantitative estimate of drug-likeness (QED) is 0.615. The molecular formula is C8H15NO3. The Hall–Kier alpha value is -0.770. The number of rotatable bonds is 1. The number of amides is 1. The molecule has 1 rings (SSSR count). The lowest BCUT2D eigenvalue weighted by Crippen LogP contribution is -2.47. The first-order valence-electron chi connectivity index (χ1n) is 4.25. The summed E-state index contributed by atoms with van der Waals surface area (Å²) in [4.78, 5) is 12.0. The zero-order valence-corrected chi connectivity index (χ0v) is 7.23. The van der Waals surface area contributed by atoms with Crippen molar-refractivity contribution >= 4 is 6.09 Å². The van der Waals surface area contributed by atoms with Crippen LogP contribution in [0.1, 0.15) is 19.8 Å². The molecule has 1 fully saturated rings. The van der Waals surface area contributed by atoms with Gasteiger partial charge in [0.1, 0.15) is 0 Å². The van der Waals surface area contributed by atoms with Crippen molar-refractivity contribution < 1.29 is 15.0 Å². The molecule has 0 saturated carbocycles. The molecule has 4 nitrogen and oxygen atoms in total. The van der Waals surface area contributed by atoms with E-state index >= 15 is 0 Å². The predicted octanol–water partition coefficient (Wildman–Crippen LogP) is 0.757. The minimum absolute atomic E-state index is 0.0565. The molecule has 0 aliphatic carbocycles. The highest BCUT2D eigenvalue weighted by Gasteiger charge is 2.28. The molecule has 0 aromatic carbocycles. The molecule has 0 bridgehead atoms. The van der Waals surface area contributed by atoms with Crippen molar-refractivity contribution in [3.63, 3.8) is 0 Å². The Balaban J connectivity index is 2.58. The first-order chi connectivity index (χ1) is 5.65. The van der Waals surface area contributed by atoms with E-state index in [9.17, 15) is 4.79 Å². The topological polar surface area (TPSA) is 60.8 Å². The van der Waals surface area contributed by atoms with Crippen molar-refractivity contribution in [2.45, 2.75) is 25.8 Å². The molecule has 0 radical (unpaired) electrons. The second-order valence-electron chi connectivity index (χ2n) is 3.45. The molecule has 2 N–H and O–H groups in total. The van der Waals surface area contributed by atoms with Crippen molar-refractivity contribution in [3.8, 4) is 0 Å². The molecule has 1 aliphatic heterocycles. The largest absolute Gasteiger partial charge is 0.465 e. The molecule has 2 atom stereocenters. The smallest absolute Gasteiger partial charge is 0.407 e. The van der Waals surface area contributed by atoms with E-state index in [1.807, 2.05) is 6.92 Å². The van der Waals surface area contributed by atoms with Crippen molar-refractivity contribution in [2.24, 2.45) is 5.92 Å². The Bertz CT molecular complexity index is 172. The summed E-state index contributed by atoms with van der Waals surface area (Å²) in [6, 6.07) is -0.182. The summed E-state index contributed by atoms with van der Waals surface area (Å²) in [5.41, 5.74) is 0. The Labute approximate surface area is 71.8 Å². The number of likely N-dealkylation sites (tertiary alicyclic amines) is 1. The monoisotopic (exact) mass is 173 g/mol. The van der Waals surface area contributed by atoms with Crippen molar-refractivity contribution in [2.75, 3.05) is 13.2 Å². The molecular weight excluding hydrogens is 158 g/mol. The van der Waals surface area contributed by atoms with Gasteiger partial charge in [-0.1, -0.05) is 6.92 Å². The van der Waals surface area contributed by atoms with Gasteiger partial charge in [-0.2, -0.15) is 0 Å². The number of piperidine rings is 1. The maximum atomic E-state index is 10.7. The Morgan fingerprint density at radius 3 is 2.75 bits per heavy atom. The van der Waals surface area contributed by atoms with Gasteiger partial charge in [0.2, 0.25) is 0 Å². The van der Waals surface area contributed by atoms with Crippen LogP contribution in [0.2, 0.25) is 0 Å². The summed E-state index contributed by atoms with van der Waals surface area (Å²) in [5, 5.41) is 17.7. The first kappa shape index (κ1) is 9.32. The molecule has 4 heteroatoms. The van der Waals surface area contributed by atoms with Crippen LogP contribution in [0.25, 0.3) is 0 Å². The highest BCUT2D eigenvalue weighted by molar-refractivity contribution is 5.65. The fourth-order valence-electron chi connectivity index (χ4n) is 1.63. The summed E-state index contributed by atoms with van der Waals surface area (Å²) in [7, 11) is 0. The first-order valence-corrected chi connectivity index (χ1v) is 4.25. The lowest BCUT2D eigenvalue weighted by molar-refractivity contribution is 0.0624. The molecule has 0 aromatic rings. The number of carboxylic acid groups (broad SMARTS) is 1. The average Bonchev–Trinajstić information content (AvgIpc) is 2.04. The second kappa shape index (κ2) is 3.76. The minimum atomic E-state index is -0.916. The van der Waals surface area contributed by atoms with Gasteiger partial charge < -0.3 is 15.1 Å². The maximum Gasteiger partial charge on any atom is 0.407 e. The van der Waals surface area contributed by atoms with Crippen molar-refractivity contribution in [3.05, 3.63) is 0 Å². The number of aliphatic hydroxyl groups excluding tert-OH is 1. The van der Waals surface area contributed by atoms with Crippen LogP contribution in [0.3, 0.4) is 0 Å². The molecule has 1 aliphatic rings. The van der Waals surface area contributed by atoms with E-state index in [1.165, 1.54) is 4.90 Å². The third kappa shape index (κ3) is 1.88. The Kier molecular flexibility index (Phi) is 2.92. The highest BCUT2D eigenvalue weighted by atomic mass is 16.4. The van der Waals surface area contributed by atoms with E-state index in [1.54, 1.807) is 0 Å². The predicted molar refractivity (Wildman–Crippen MR) is 44.0 cm³/mol. The third-order valence-electron chi connectivity index (χ3n) is 2.40. The van der Waals surface area contributed by atoms with Crippen LogP contribution in [0.4, 0.5) is 4.79 Å². The molecule has 12 heavy (non-hydrogen) atoms. The zero-order valence-electron chi connectivity index (χ0n) is 7.23. The summed E-state index contributed by atoms with van der Waals surface area (Å²) < 4.78 is 0. The van der Waals surface area contributed by atoms with Crippen LogP contribution < -0.4 is 0 Å². The molecule has 0 spiro atoms. The van der Waals surface area contributed by atoms with E-state index in [2.05, 4.69) is 0 Å². The number of nitrogens with zero attached hydrogens (tertiary/aromatic N) is 1. The standard InChI is InChI=1S/C8H15NO3/c1-6-2-3-7(5-10)9(4-6)8(11)12/h6-7,10H,2-5H2,1H3,(H,11,12)/t6-,7-/m0/s1. The van der Waals surface area contributed by atoms with Gasteiger partial charge in [-0.3, -0.25) is 0 Å². The Morgan fingerprint density at radius 2 is 2.25 bits per heavy atom. The number of aliphatic hydroxyl groups is 1. The van der Waals surface area contributed by atoms with Gasteiger partial charge >= 0.3 is 6.09 Å². The molecule has 70 valence electrons. The Morgan fingerprint density at radius 1 is 1.58 bits per heavy atom. The fourth-order valence-corrected chi connectivity index (χ4v) is 1.63. The second-order valence-corrected chi connectivity index (χ2v) is 3.45. The normalized spacial score (nSPS) is 30.3. The van der Waals surface area contributed by atoms with Crippen LogP contribution in [0.5, 0.6) is 0 Å². The van der Waals surface area contributed by atoms with Gasteiger partial charge in [-0.25, -0.2) is 4.79 Å². The van der Waals surface area contributed by atoms with Gasteiger partial charge in [0.15, 0.2) is 0 Å². The van der Waals surface area contributed by atoms with Crippen molar-refractivity contribution in [1.82, 2.24) is 4.90 Å². The summed E-state index contributed by atoms with van der Waals surface area (Å²) in [6.07, 6.45) is 0.875. The van der Waals surface area contributed by atoms with Gasteiger partial charge in [-0.15, -0.1) is 0 Å². The van der Waals surface area contributed by atoms with Gasteiger partial charge in [0, 0.05) is 6.54 Å². The van der Waals surface area contributed by atoms with Crippen LogP contribution >= 0.6 is 0 Å². The van der Waals surface area contributed by atoms with Crippen LogP contribution in [-0.2, 0) is 0 Å². The lowest BCUT2D eigenvalue weighted by Gasteiger charge is -2.35. The lowest BCUT2D eigenvalue weighted by atomic mass is 9.95.